The second-order valence-corrected chi connectivity index (χ2v) is 4.37. The van der Waals surface area contributed by atoms with Gasteiger partial charge in [0.25, 0.3) is 0 Å². The van der Waals surface area contributed by atoms with E-state index in [2.05, 4.69) is 4.98 Å². The fraction of sp³-hybridized carbons (Fsp3) is 0.250. The SMILES string of the molecule is CC(C)C(=O)c1cc2ccc(Cl)cc2[nH]1. The molecule has 1 N–H and O–H groups in total. The second-order valence-electron chi connectivity index (χ2n) is 3.93. The van der Waals surface area contributed by atoms with E-state index in [0.717, 1.165) is 10.9 Å². The van der Waals surface area contributed by atoms with Crippen molar-refractivity contribution in [2.45, 2.75) is 13.8 Å². The van der Waals surface area contributed by atoms with E-state index in [9.17, 15) is 4.79 Å². The zero-order chi connectivity index (χ0) is 11.0. The van der Waals surface area contributed by atoms with Crippen molar-refractivity contribution in [1.82, 2.24) is 4.98 Å². The number of fused-ring (bicyclic) bond motifs is 1. The molecule has 0 saturated heterocycles. The molecule has 2 aromatic rings. The van der Waals surface area contributed by atoms with Crippen molar-refractivity contribution in [2.75, 3.05) is 0 Å². The van der Waals surface area contributed by atoms with Gasteiger partial charge in [0.05, 0.1) is 5.69 Å². The Labute approximate surface area is 93.2 Å². The average Bonchev–Trinajstić information content (AvgIpc) is 2.58. The molecular formula is C12H12ClNO. The number of hydrogen-bond acceptors (Lipinski definition) is 1. The van der Waals surface area contributed by atoms with Crippen LogP contribution in [0.4, 0.5) is 0 Å². The van der Waals surface area contributed by atoms with Gasteiger partial charge in [-0.2, -0.15) is 0 Å². The summed E-state index contributed by atoms with van der Waals surface area (Å²) in [6.07, 6.45) is 0. The van der Waals surface area contributed by atoms with Crippen molar-refractivity contribution in [3.8, 4) is 0 Å². The summed E-state index contributed by atoms with van der Waals surface area (Å²) >= 11 is 5.87. The van der Waals surface area contributed by atoms with E-state index >= 15 is 0 Å². The molecule has 78 valence electrons. The third-order valence-corrected chi connectivity index (χ3v) is 2.61. The Balaban J connectivity index is 2.52. The van der Waals surface area contributed by atoms with Gasteiger partial charge in [0.1, 0.15) is 0 Å². The number of aromatic nitrogens is 1. The first-order chi connectivity index (χ1) is 7.08. The highest BCUT2D eigenvalue weighted by molar-refractivity contribution is 6.31. The van der Waals surface area contributed by atoms with Crippen LogP contribution in [0.3, 0.4) is 0 Å². The van der Waals surface area contributed by atoms with E-state index < -0.39 is 0 Å². The van der Waals surface area contributed by atoms with E-state index in [-0.39, 0.29) is 11.7 Å². The standard InChI is InChI=1S/C12H12ClNO/c1-7(2)12(15)11-5-8-3-4-9(13)6-10(8)14-11/h3-7,14H,1-2H3. The molecule has 0 saturated carbocycles. The number of benzene rings is 1. The molecule has 0 amide bonds. The summed E-state index contributed by atoms with van der Waals surface area (Å²) in [5, 5.41) is 1.69. The normalized spacial score (nSPS) is 11.2. The maximum Gasteiger partial charge on any atom is 0.181 e. The Bertz CT molecular complexity index is 513. The van der Waals surface area contributed by atoms with Gasteiger partial charge in [0.15, 0.2) is 5.78 Å². The Kier molecular flexibility index (Phi) is 2.53. The van der Waals surface area contributed by atoms with Crippen LogP contribution >= 0.6 is 11.6 Å². The minimum Gasteiger partial charge on any atom is -0.352 e. The van der Waals surface area contributed by atoms with Gasteiger partial charge in [-0.25, -0.2) is 0 Å². The van der Waals surface area contributed by atoms with Gasteiger partial charge in [-0.3, -0.25) is 4.79 Å². The van der Waals surface area contributed by atoms with E-state index in [1.54, 1.807) is 0 Å². The van der Waals surface area contributed by atoms with E-state index in [0.29, 0.717) is 10.7 Å². The van der Waals surface area contributed by atoms with Crippen LogP contribution in [0.1, 0.15) is 24.3 Å². The molecule has 0 radical (unpaired) electrons. The summed E-state index contributed by atoms with van der Waals surface area (Å²) in [4.78, 5) is 14.8. The molecule has 3 heteroatoms. The summed E-state index contributed by atoms with van der Waals surface area (Å²) < 4.78 is 0. The Morgan fingerprint density at radius 1 is 1.33 bits per heavy atom. The monoisotopic (exact) mass is 221 g/mol. The van der Waals surface area contributed by atoms with Crippen LogP contribution in [0.5, 0.6) is 0 Å². The second kappa shape index (κ2) is 3.70. The molecule has 0 aliphatic heterocycles. The molecule has 2 nitrogen and oxygen atoms in total. The van der Waals surface area contributed by atoms with Gasteiger partial charge in [-0.05, 0) is 18.2 Å². The van der Waals surface area contributed by atoms with E-state index in [1.807, 2.05) is 38.1 Å². The summed E-state index contributed by atoms with van der Waals surface area (Å²) in [7, 11) is 0. The third-order valence-electron chi connectivity index (χ3n) is 2.37. The Morgan fingerprint density at radius 2 is 2.07 bits per heavy atom. The predicted molar refractivity (Wildman–Crippen MR) is 62.5 cm³/mol. The van der Waals surface area contributed by atoms with Crippen molar-refractivity contribution in [3.63, 3.8) is 0 Å². The van der Waals surface area contributed by atoms with Gasteiger partial charge >= 0.3 is 0 Å². The van der Waals surface area contributed by atoms with Crippen LogP contribution < -0.4 is 0 Å². The number of carbonyl (C=O) groups is 1. The minimum absolute atomic E-state index is 0.00790. The minimum atomic E-state index is 0.00790. The first-order valence-corrected chi connectivity index (χ1v) is 5.28. The third kappa shape index (κ3) is 1.90. The molecule has 0 unspecified atom stereocenters. The number of Topliss-reactive ketones (excluding diaryl/α,β-unsaturated/α-hetero) is 1. The number of carbonyl (C=O) groups excluding carboxylic acids is 1. The molecule has 0 bridgehead atoms. The molecule has 15 heavy (non-hydrogen) atoms. The number of H-pyrrole nitrogens is 1. The number of halogens is 1. The highest BCUT2D eigenvalue weighted by Crippen LogP contribution is 2.21. The van der Waals surface area contributed by atoms with Crippen LogP contribution in [0, 0.1) is 5.92 Å². The molecule has 2 rings (SSSR count). The first kappa shape index (κ1) is 10.2. The van der Waals surface area contributed by atoms with Gasteiger partial charge in [-0.15, -0.1) is 0 Å². The largest absolute Gasteiger partial charge is 0.352 e. The predicted octanol–water partition coefficient (Wildman–Crippen LogP) is 3.66. The maximum absolute atomic E-state index is 11.7. The van der Waals surface area contributed by atoms with Crippen molar-refractivity contribution in [3.05, 3.63) is 35.0 Å². The number of ketones is 1. The maximum atomic E-state index is 11.7. The quantitative estimate of drug-likeness (QED) is 0.772. The van der Waals surface area contributed by atoms with Gasteiger partial charge in [0.2, 0.25) is 0 Å². The average molecular weight is 222 g/mol. The summed E-state index contributed by atoms with van der Waals surface area (Å²) in [6, 6.07) is 7.43. The molecule has 0 fully saturated rings. The van der Waals surface area contributed by atoms with Gasteiger partial charge in [0, 0.05) is 21.8 Å². The zero-order valence-corrected chi connectivity index (χ0v) is 9.43. The molecule has 1 heterocycles. The summed E-state index contributed by atoms with van der Waals surface area (Å²) in [5.41, 5.74) is 1.56. The van der Waals surface area contributed by atoms with Crippen LogP contribution in [-0.4, -0.2) is 10.8 Å². The lowest BCUT2D eigenvalue weighted by Gasteiger charge is -1.99. The molecule has 0 aliphatic carbocycles. The Hall–Kier alpha value is -1.28. The van der Waals surface area contributed by atoms with Crippen LogP contribution in [0.2, 0.25) is 5.02 Å². The number of rotatable bonds is 2. The first-order valence-electron chi connectivity index (χ1n) is 4.90. The van der Waals surface area contributed by atoms with E-state index in [1.165, 1.54) is 0 Å². The molecule has 1 aromatic heterocycles. The smallest absolute Gasteiger partial charge is 0.181 e. The Morgan fingerprint density at radius 3 is 2.73 bits per heavy atom. The van der Waals surface area contributed by atoms with Crippen molar-refractivity contribution >= 4 is 28.3 Å². The number of nitrogens with one attached hydrogen (secondary N) is 1. The molecule has 1 aromatic carbocycles. The topological polar surface area (TPSA) is 32.9 Å². The molecule has 0 spiro atoms. The van der Waals surface area contributed by atoms with Gasteiger partial charge < -0.3 is 4.98 Å². The van der Waals surface area contributed by atoms with Crippen molar-refractivity contribution in [1.29, 1.82) is 0 Å². The lowest BCUT2D eigenvalue weighted by Crippen LogP contribution is -2.07. The summed E-state index contributed by atoms with van der Waals surface area (Å²) in [6.45, 7) is 3.78. The zero-order valence-electron chi connectivity index (χ0n) is 8.67. The molecular weight excluding hydrogens is 210 g/mol. The van der Waals surface area contributed by atoms with Crippen LogP contribution in [-0.2, 0) is 0 Å². The highest BCUT2D eigenvalue weighted by Gasteiger charge is 2.12. The fourth-order valence-electron chi connectivity index (χ4n) is 1.54. The van der Waals surface area contributed by atoms with E-state index in [4.69, 9.17) is 11.6 Å². The number of aromatic amines is 1. The van der Waals surface area contributed by atoms with Crippen molar-refractivity contribution in [2.24, 2.45) is 5.92 Å². The highest BCUT2D eigenvalue weighted by atomic mass is 35.5. The molecule has 0 atom stereocenters. The lowest BCUT2D eigenvalue weighted by molar-refractivity contribution is 0.0935. The van der Waals surface area contributed by atoms with Crippen LogP contribution in [0.25, 0.3) is 10.9 Å². The number of hydrogen-bond donors (Lipinski definition) is 1. The molecule has 0 aliphatic rings. The van der Waals surface area contributed by atoms with Crippen molar-refractivity contribution < 1.29 is 4.79 Å². The lowest BCUT2D eigenvalue weighted by atomic mass is 10.1. The summed E-state index contributed by atoms with van der Waals surface area (Å²) in [5.74, 6) is 0.135. The fourth-order valence-corrected chi connectivity index (χ4v) is 1.72. The van der Waals surface area contributed by atoms with Crippen LogP contribution in [0.15, 0.2) is 24.3 Å². The van der Waals surface area contributed by atoms with Gasteiger partial charge in [-0.1, -0.05) is 31.5 Å².